The molecule has 1 atom stereocenters. The lowest BCUT2D eigenvalue weighted by molar-refractivity contribution is -0.140. The van der Waals surface area contributed by atoms with Crippen molar-refractivity contribution in [2.75, 3.05) is 46.5 Å². The van der Waals surface area contributed by atoms with Crippen LogP contribution in [0.3, 0.4) is 0 Å². The van der Waals surface area contributed by atoms with Gasteiger partial charge < -0.3 is 24.6 Å². The van der Waals surface area contributed by atoms with E-state index >= 15 is 0 Å². The molecule has 3 aromatic rings. The van der Waals surface area contributed by atoms with Crippen molar-refractivity contribution in [1.29, 1.82) is 0 Å². The number of methoxy groups -OCH3 is 1. The molecule has 2 saturated heterocycles. The van der Waals surface area contributed by atoms with Crippen LogP contribution in [0.4, 0.5) is 0 Å². The summed E-state index contributed by atoms with van der Waals surface area (Å²) >= 11 is 3.34. The number of aromatic nitrogens is 2. The molecule has 10 nitrogen and oxygen atoms in total. The van der Waals surface area contributed by atoms with Crippen molar-refractivity contribution in [1.82, 2.24) is 19.2 Å². The predicted molar refractivity (Wildman–Crippen MR) is 139 cm³/mol. The van der Waals surface area contributed by atoms with E-state index in [0.717, 1.165) is 13.1 Å². The Balaban J connectivity index is 1.66. The number of morpholine rings is 1. The highest BCUT2D eigenvalue weighted by atomic mass is 79.9. The fraction of sp³-hybridized carbons (Fsp3) is 0.346. The van der Waals surface area contributed by atoms with Crippen LogP contribution in [0, 0.1) is 6.92 Å². The summed E-state index contributed by atoms with van der Waals surface area (Å²) in [6.45, 7) is 5.22. The number of aliphatic hydroxyl groups excluding tert-OH is 1. The van der Waals surface area contributed by atoms with Crippen LogP contribution >= 0.6 is 15.9 Å². The van der Waals surface area contributed by atoms with Crippen LogP contribution < -0.4 is 4.74 Å². The monoisotopic (exact) mass is 570 g/mol. The standard InChI is InChI=1S/C26H27BrN4O6/c1-15-21(30-6-4-3-5-19(30)28-15)24(33)20-22(16-13-17(27)23(32)18(14-16)36-2)31(26(35)25(20)34)8-7-29-9-11-37-12-10-29/h3-6,13-14,22,32-33H,7-12H2,1-2H3. The number of aliphatic hydroxyl groups is 1. The number of ether oxygens (including phenoxy) is 2. The van der Waals surface area contributed by atoms with E-state index in [1.54, 1.807) is 41.8 Å². The van der Waals surface area contributed by atoms with Crippen molar-refractivity contribution in [3.05, 3.63) is 63.5 Å². The van der Waals surface area contributed by atoms with E-state index in [2.05, 4.69) is 25.8 Å². The van der Waals surface area contributed by atoms with Crippen molar-refractivity contribution < 1.29 is 29.3 Å². The SMILES string of the molecule is COc1cc(C2C(=C(O)c3c(C)nc4ccccn34)C(=O)C(=O)N2CCN2CCOCC2)cc(Br)c1O. The van der Waals surface area contributed by atoms with Crippen molar-refractivity contribution >= 4 is 39.0 Å². The first-order valence-corrected chi connectivity index (χ1v) is 12.7. The van der Waals surface area contributed by atoms with Crippen molar-refractivity contribution in [2.45, 2.75) is 13.0 Å². The molecule has 0 radical (unpaired) electrons. The van der Waals surface area contributed by atoms with E-state index in [0.29, 0.717) is 46.8 Å². The summed E-state index contributed by atoms with van der Waals surface area (Å²) in [4.78, 5) is 35.0. The topological polar surface area (TPSA) is 117 Å². The van der Waals surface area contributed by atoms with Gasteiger partial charge in [0.1, 0.15) is 11.3 Å². The number of phenols is 1. The van der Waals surface area contributed by atoms with Gasteiger partial charge in [-0.05, 0) is 52.7 Å². The van der Waals surface area contributed by atoms with E-state index < -0.39 is 17.7 Å². The van der Waals surface area contributed by atoms with E-state index in [1.807, 2.05) is 6.07 Å². The van der Waals surface area contributed by atoms with Crippen LogP contribution in [0.2, 0.25) is 0 Å². The second kappa shape index (κ2) is 10.2. The minimum absolute atomic E-state index is 0.0413. The number of hydrogen-bond acceptors (Lipinski definition) is 8. The summed E-state index contributed by atoms with van der Waals surface area (Å²) in [7, 11) is 1.42. The molecule has 1 unspecified atom stereocenters. The van der Waals surface area contributed by atoms with Gasteiger partial charge in [0.25, 0.3) is 11.7 Å². The van der Waals surface area contributed by atoms with Gasteiger partial charge in [-0.25, -0.2) is 4.98 Å². The maximum atomic E-state index is 13.5. The zero-order valence-electron chi connectivity index (χ0n) is 20.5. The molecule has 0 spiro atoms. The van der Waals surface area contributed by atoms with Crippen molar-refractivity contribution in [2.24, 2.45) is 0 Å². The van der Waals surface area contributed by atoms with Gasteiger partial charge in [0.15, 0.2) is 17.3 Å². The highest BCUT2D eigenvalue weighted by molar-refractivity contribution is 9.10. The summed E-state index contributed by atoms with van der Waals surface area (Å²) in [5, 5.41) is 22.0. The molecule has 0 saturated carbocycles. The number of phenolic OH excluding ortho intramolecular Hbond substituents is 1. The number of halogens is 1. The number of benzene rings is 1. The maximum Gasteiger partial charge on any atom is 0.295 e. The van der Waals surface area contributed by atoms with Gasteiger partial charge in [0, 0.05) is 32.4 Å². The number of fused-ring (bicyclic) bond motifs is 1. The Kier molecular flexibility index (Phi) is 6.93. The van der Waals surface area contributed by atoms with Gasteiger partial charge in [0.05, 0.1) is 42.1 Å². The van der Waals surface area contributed by atoms with E-state index in [-0.39, 0.29) is 29.4 Å². The first-order valence-electron chi connectivity index (χ1n) is 11.9. The number of carbonyl (C=O) groups excluding carboxylic acids is 2. The summed E-state index contributed by atoms with van der Waals surface area (Å²) in [5.41, 5.74) is 1.94. The molecule has 2 aliphatic heterocycles. The van der Waals surface area contributed by atoms with Crippen LogP contribution in [-0.2, 0) is 14.3 Å². The average Bonchev–Trinajstić information content (AvgIpc) is 3.37. The number of pyridine rings is 1. The van der Waals surface area contributed by atoms with Gasteiger partial charge in [-0.1, -0.05) is 6.07 Å². The second-order valence-corrected chi connectivity index (χ2v) is 9.83. The van der Waals surface area contributed by atoms with Crippen molar-refractivity contribution in [3.63, 3.8) is 0 Å². The molecule has 4 heterocycles. The van der Waals surface area contributed by atoms with Gasteiger partial charge >= 0.3 is 0 Å². The Labute approximate surface area is 221 Å². The summed E-state index contributed by atoms with van der Waals surface area (Å²) < 4.78 is 12.8. The molecule has 37 heavy (non-hydrogen) atoms. The average molecular weight is 571 g/mol. The molecule has 2 aliphatic rings. The minimum Gasteiger partial charge on any atom is -0.505 e. The molecule has 0 bridgehead atoms. The Morgan fingerprint density at radius 2 is 1.97 bits per heavy atom. The molecule has 1 amide bonds. The number of ketones is 1. The lowest BCUT2D eigenvalue weighted by atomic mass is 9.96. The fourth-order valence-corrected chi connectivity index (χ4v) is 5.42. The molecule has 5 rings (SSSR count). The molecule has 2 N–H and O–H groups in total. The number of Topliss-reactive ketones (excluding diaryl/α,β-unsaturated/α-hetero) is 1. The number of imidazole rings is 1. The predicted octanol–water partition coefficient (Wildman–Crippen LogP) is 2.87. The minimum atomic E-state index is -0.902. The Hall–Kier alpha value is -3.41. The molecule has 2 aromatic heterocycles. The first kappa shape index (κ1) is 25.2. The van der Waals surface area contributed by atoms with Crippen LogP contribution in [0.5, 0.6) is 11.5 Å². The zero-order valence-corrected chi connectivity index (χ0v) is 22.1. The summed E-state index contributed by atoms with van der Waals surface area (Å²) in [5.74, 6) is -1.72. The number of carbonyl (C=O) groups is 2. The third-order valence-electron chi connectivity index (χ3n) is 6.82. The molecule has 2 fully saturated rings. The Morgan fingerprint density at radius 3 is 2.70 bits per heavy atom. The largest absolute Gasteiger partial charge is 0.505 e. The van der Waals surface area contributed by atoms with E-state index in [4.69, 9.17) is 9.47 Å². The van der Waals surface area contributed by atoms with E-state index in [1.165, 1.54) is 12.0 Å². The zero-order chi connectivity index (χ0) is 26.3. The molecule has 0 aliphatic carbocycles. The normalized spacial score (nSPS) is 20.2. The van der Waals surface area contributed by atoms with Crippen LogP contribution in [0.15, 0.2) is 46.6 Å². The van der Waals surface area contributed by atoms with Gasteiger partial charge in [-0.2, -0.15) is 0 Å². The van der Waals surface area contributed by atoms with Crippen LogP contribution in [0.1, 0.15) is 23.0 Å². The number of nitrogens with zero attached hydrogens (tertiary/aromatic N) is 4. The van der Waals surface area contributed by atoms with Gasteiger partial charge in [-0.15, -0.1) is 0 Å². The number of rotatable bonds is 6. The highest BCUT2D eigenvalue weighted by Gasteiger charge is 2.47. The third kappa shape index (κ3) is 4.47. The molecular formula is C26H27BrN4O6. The summed E-state index contributed by atoms with van der Waals surface area (Å²) in [6, 6.07) is 7.73. The number of hydrogen-bond donors (Lipinski definition) is 2. The Bertz CT molecular complexity index is 1410. The first-order chi connectivity index (χ1) is 17.8. The maximum absolute atomic E-state index is 13.5. The van der Waals surface area contributed by atoms with E-state index in [9.17, 15) is 19.8 Å². The number of likely N-dealkylation sites (tertiary alicyclic amines) is 1. The summed E-state index contributed by atoms with van der Waals surface area (Å²) in [6.07, 6.45) is 1.74. The third-order valence-corrected chi connectivity index (χ3v) is 7.42. The van der Waals surface area contributed by atoms with Crippen LogP contribution in [0.25, 0.3) is 11.4 Å². The van der Waals surface area contributed by atoms with Gasteiger partial charge in [-0.3, -0.25) is 18.9 Å². The lowest BCUT2D eigenvalue weighted by Crippen LogP contribution is -2.42. The van der Waals surface area contributed by atoms with Crippen molar-refractivity contribution in [3.8, 4) is 11.5 Å². The quantitative estimate of drug-likeness (QED) is 0.264. The molecule has 11 heteroatoms. The Morgan fingerprint density at radius 1 is 1.22 bits per heavy atom. The number of amides is 1. The second-order valence-electron chi connectivity index (χ2n) is 8.97. The highest BCUT2D eigenvalue weighted by Crippen LogP contribution is 2.44. The lowest BCUT2D eigenvalue weighted by Gasteiger charge is -2.31. The smallest absolute Gasteiger partial charge is 0.295 e. The fourth-order valence-electron chi connectivity index (χ4n) is 4.96. The molecule has 1 aromatic carbocycles. The van der Waals surface area contributed by atoms with Crippen LogP contribution in [-0.4, -0.2) is 87.6 Å². The number of aryl methyl sites for hydroxylation is 1. The van der Waals surface area contributed by atoms with Gasteiger partial charge in [0.2, 0.25) is 0 Å². The number of aromatic hydroxyl groups is 1. The molecular weight excluding hydrogens is 544 g/mol. The molecule has 194 valence electrons.